The largest absolute Gasteiger partial charge is 0.355 e. The van der Waals surface area contributed by atoms with E-state index in [0.717, 1.165) is 47.7 Å². The zero-order valence-electron chi connectivity index (χ0n) is 15.6. The molecular formula is C20H31ClN2OS. The molecule has 1 amide bonds. The molecule has 0 saturated carbocycles. The van der Waals surface area contributed by atoms with Gasteiger partial charge in [0.05, 0.1) is 5.25 Å². The number of carbonyl (C=O) groups excluding carboxylic acids is 1. The van der Waals surface area contributed by atoms with E-state index in [2.05, 4.69) is 31.0 Å². The molecule has 1 aromatic carbocycles. The second-order valence-electron chi connectivity index (χ2n) is 7.32. The van der Waals surface area contributed by atoms with E-state index in [0.29, 0.717) is 0 Å². The maximum atomic E-state index is 12.4. The van der Waals surface area contributed by atoms with Crippen LogP contribution in [0.2, 0.25) is 5.02 Å². The lowest BCUT2D eigenvalue weighted by molar-refractivity contribution is -0.120. The molecule has 0 bridgehead atoms. The molecule has 1 aliphatic heterocycles. The zero-order chi connectivity index (χ0) is 18.2. The number of halogens is 1. The van der Waals surface area contributed by atoms with Crippen LogP contribution in [0, 0.1) is 11.8 Å². The SMILES string of the molecule is CC[C@H](Sc1ccc(Cl)cc1)C(=O)NCCCN1C[C@H](C)C[C@@H](C)C1. The highest BCUT2D eigenvalue weighted by Crippen LogP contribution is 2.26. The Hall–Kier alpha value is -0.710. The van der Waals surface area contributed by atoms with Crippen molar-refractivity contribution in [2.75, 3.05) is 26.2 Å². The Morgan fingerprint density at radius 2 is 1.92 bits per heavy atom. The molecule has 0 aliphatic carbocycles. The number of nitrogens with one attached hydrogen (secondary N) is 1. The Balaban J connectivity index is 1.70. The fourth-order valence-corrected chi connectivity index (χ4v) is 4.71. The normalized spacial score (nSPS) is 22.6. The van der Waals surface area contributed by atoms with Gasteiger partial charge in [-0.15, -0.1) is 11.8 Å². The fourth-order valence-electron chi connectivity index (χ4n) is 3.60. The van der Waals surface area contributed by atoms with Crippen molar-refractivity contribution >= 4 is 29.3 Å². The number of amides is 1. The molecule has 1 aromatic rings. The van der Waals surface area contributed by atoms with Crippen molar-refractivity contribution in [3.8, 4) is 0 Å². The second kappa shape index (κ2) is 10.4. The molecule has 1 fully saturated rings. The van der Waals surface area contributed by atoms with Crippen LogP contribution in [0.1, 0.15) is 40.0 Å². The first-order valence-electron chi connectivity index (χ1n) is 9.40. The van der Waals surface area contributed by atoms with Gasteiger partial charge in [-0.3, -0.25) is 4.79 Å². The minimum absolute atomic E-state index is 0.0452. The molecule has 140 valence electrons. The number of rotatable bonds is 8. The summed E-state index contributed by atoms with van der Waals surface area (Å²) in [7, 11) is 0. The van der Waals surface area contributed by atoms with Gasteiger partial charge in [0, 0.05) is 29.6 Å². The van der Waals surface area contributed by atoms with Gasteiger partial charge in [-0.25, -0.2) is 0 Å². The molecule has 3 nitrogen and oxygen atoms in total. The number of likely N-dealkylation sites (tertiary alicyclic amines) is 1. The molecule has 0 spiro atoms. The second-order valence-corrected chi connectivity index (χ2v) is 9.03. The maximum absolute atomic E-state index is 12.4. The van der Waals surface area contributed by atoms with Crippen LogP contribution in [-0.2, 0) is 4.79 Å². The topological polar surface area (TPSA) is 32.3 Å². The number of piperidine rings is 1. The summed E-state index contributed by atoms with van der Waals surface area (Å²) in [5.74, 6) is 1.72. The van der Waals surface area contributed by atoms with Crippen LogP contribution < -0.4 is 5.32 Å². The summed E-state index contributed by atoms with van der Waals surface area (Å²) in [6, 6.07) is 7.69. The molecular weight excluding hydrogens is 352 g/mol. The lowest BCUT2D eigenvalue weighted by Crippen LogP contribution is -2.40. The van der Waals surface area contributed by atoms with Gasteiger partial charge in [0.15, 0.2) is 0 Å². The van der Waals surface area contributed by atoms with Crippen LogP contribution in [0.5, 0.6) is 0 Å². The first-order chi connectivity index (χ1) is 12.0. The highest BCUT2D eigenvalue weighted by Gasteiger charge is 2.21. The van der Waals surface area contributed by atoms with E-state index >= 15 is 0 Å². The molecule has 3 atom stereocenters. The van der Waals surface area contributed by atoms with Crippen LogP contribution in [0.3, 0.4) is 0 Å². The predicted molar refractivity (Wildman–Crippen MR) is 108 cm³/mol. The summed E-state index contributed by atoms with van der Waals surface area (Å²) in [6.45, 7) is 11.0. The van der Waals surface area contributed by atoms with E-state index in [9.17, 15) is 4.79 Å². The summed E-state index contributed by atoms with van der Waals surface area (Å²) < 4.78 is 0. The molecule has 1 N–H and O–H groups in total. The maximum Gasteiger partial charge on any atom is 0.233 e. The molecule has 0 unspecified atom stereocenters. The van der Waals surface area contributed by atoms with Crippen LogP contribution in [0.25, 0.3) is 0 Å². The summed E-state index contributed by atoms with van der Waals surface area (Å²) in [5.41, 5.74) is 0. The van der Waals surface area contributed by atoms with E-state index in [4.69, 9.17) is 11.6 Å². The Bertz CT molecular complexity index is 527. The van der Waals surface area contributed by atoms with Crippen molar-refractivity contribution in [1.82, 2.24) is 10.2 Å². The van der Waals surface area contributed by atoms with Crippen molar-refractivity contribution in [2.24, 2.45) is 11.8 Å². The molecule has 2 rings (SSSR count). The van der Waals surface area contributed by atoms with Crippen LogP contribution in [-0.4, -0.2) is 42.2 Å². The highest BCUT2D eigenvalue weighted by atomic mass is 35.5. The lowest BCUT2D eigenvalue weighted by atomic mass is 9.92. The van der Waals surface area contributed by atoms with Crippen LogP contribution in [0.15, 0.2) is 29.2 Å². The average molecular weight is 383 g/mol. The average Bonchev–Trinajstić information content (AvgIpc) is 2.57. The van der Waals surface area contributed by atoms with Crippen molar-refractivity contribution in [1.29, 1.82) is 0 Å². The van der Waals surface area contributed by atoms with Crippen molar-refractivity contribution < 1.29 is 4.79 Å². The molecule has 1 heterocycles. The first-order valence-corrected chi connectivity index (χ1v) is 10.7. The van der Waals surface area contributed by atoms with E-state index < -0.39 is 0 Å². The summed E-state index contributed by atoms with van der Waals surface area (Å²) in [4.78, 5) is 16.1. The van der Waals surface area contributed by atoms with Gasteiger partial charge >= 0.3 is 0 Å². The van der Waals surface area contributed by atoms with Gasteiger partial charge in [-0.1, -0.05) is 32.4 Å². The molecule has 1 aliphatic rings. The third-order valence-electron chi connectivity index (χ3n) is 4.65. The van der Waals surface area contributed by atoms with Crippen molar-refractivity contribution in [2.45, 2.75) is 50.2 Å². The van der Waals surface area contributed by atoms with Gasteiger partial charge in [0.2, 0.25) is 5.91 Å². The standard InChI is InChI=1S/C20H31ClN2OS/c1-4-19(25-18-8-6-17(21)7-9-18)20(24)22-10-5-11-23-13-15(2)12-16(3)14-23/h6-9,15-16,19H,4-5,10-14H2,1-3H3,(H,22,24)/t15-,16-,19+/m1/s1. The van der Waals surface area contributed by atoms with Gasteiger partial charge in [-0.2, -0.15) is 0 Å². The Kier molecular flexibility index (Phi) is 8.60. The quantitative estimate of drug-likeness (QED) is 0.522. The van der Waals surface area contributed by atoms with E-state index in [1.54, 1.807) is 11.8 Å². The molecule has 5 heteroatoms. The number of benzene rings is 1. The smallest absolute Gasteiger partial charge is 0.233 e. The Morgan fingerprint density at radius 3 is 2.52 bits per heavy atom. The summed E-state index contributed by atoms with van der Waals surface area (Å²) >= 11 is 7.53. The first kappa shape index (κ1) is 20.6. The third kappa shape index (κ3) is 7.20. The Morgan fingerprint density at radius 1 is 1.28 bits per heavy atom. The summed E-state index contributed by atoms with van der Waals surface area (Å²) in [6.07, 6.45) is 3.18. The van der Waals surface area contributed by atoms with Gasteiger partial charge in [0.1, 0.15) is 0 Å². The Labute approximate surface area is 161 Å². The van der Waals surface area contributed by atoms with Crippen molar-refractivity contribution in [3.63, 3.8) is 0 Å². The van der Waals surface area contributed by atoms with E-state index in [1.807, 2.05) is 24.3 Å². The number of carbonyl (C=O) groups is 1. The number of nitrogens with zero attached hydrogens (tertiary/aromatic N) is 1. The van der Waals surface area contributed by atoms with Gasteiger partial charge < -0.3 is 10.2 Å². The predicted octanol–water partition coefficient (Wildman–Crippen LogP) is 4.69. The van der Waals surface area contributed by atoms with E-state index in [-0.39, 0.29) is 11.2 Å². The molecule has 0 aromatic heterocycles. The van der Waals surface area contributed by atoms with Crippen LogP contribution in [0.4, 0.5) is 0 Å². The van der Waals surface area contributed by atoms with E-state index in [1.165, 1.54) is 19.5 Å². The number of thioether (sulfide) groups is 1. The monoisotopic (exact) mass is 382 g/mol. The minimum Gasteiger partial charge on any atom is -0.355 e. The molecule has 1 saturated heterocycles. The fraction of sp³-hybridized carbons (Fsp3) is 0.650. The number of hydrogen-bond donors (Lipinski definition) is 1. The van der Waals surface area contributed by atoms with Gasteiger partial charge in [-0.05, 0) is 61.9 Å². The van der Waals surface area contributed by atoms with Crippen molar-refractivity contribution in [3.05, 3.63) is 29.3 Å². The number of hydrogen-bond acceptors (Lipinski definition) is 3. The molecule has 25 heavy (non-hydrogen) atoms. The highest BCUT2D eigenvalue weighted by molar-refractivity contribution is 8.00. The van der Waals surface area contributed by atoms with Gasteiger partial charge in [0.25, 0.3) is 0 Å². The zero-order valence-corrected chi connectivity index (χ0v) is 17.2. The molecule has 0 radical (unpaired) electrons. The minimum atomic E-state index is -0.0452. The lowest BCUT2D eigenvalue weighted by Gasteiger charge is -2.35. The van der Waals surface area contributed by atoms with Crippen LogP contribution >= 0.6 is 23.4 Å². The summed E-state index contributed by atoms with van der Waals surface area (Å²) in [5, 5.41) is 3.79. The third-order valence-corrected chi connectivity index (χ3v) is 6.28.